The summed E-state index contributed by atoms with van der Waals surface area (Å²) < 4.78 is 51.6. The lowest BCUT2D eigenvalue weighted by molar-refractivity contribution is -0.144. The van der Waals surface area contributed by atoms with Crippen molar-refractivity contribution >= 4 is 17.5 Å². The van der Waals surface area contributed by atoms with Gasteiger partial charge in [-0.25, -0.2) is 19.2 Å². The molecule has 3 aromatic rings. The topological polar surface area (TPSA) is 119 Å². The summed E-state index contributed by atoms with van der Waals surface area (Å²) in [4.78, 5) is 32.1. The Bertz CT molecular complexity index is 1080. The first kappa shape index (κ1) is 23.1. The van der Waals surface area contributed by atoms with Crippen LogP contribution in [-0.2, 0) is 24.4 Å². The van der Waals surface area contributed by atoms with Crippen molar-refractivity contribution in [3.63, 3.8) is 0 Å². The van der Waals surface area contributed by atoms with Crippen LogP contribution in [0, 0.1) is 0 Å². The molecule has 2 amide bonds. The molecule has 2 N–H and O–H groups in total. The number of rotatable bonds is 10. The van der Waals surface area contributed by atoms with Gasteiger partial charge in [-0.1, -0.05) is 0 Å². The number of carbonyl (C=O) groups is 2. The number of imidazole rings is 1. The molecule has 0 bridgehead atoms. The molecular formula is C18H20F4N8O2. The van der Waals surface area contributed by atoms with Gasteiger partial charge in [-0.15, -0.1) is 0 Å². The largest absolute Gasteiger partial charge is 0.389 e. The second-order valence-corrected chi connectivity index (χ2v) is 6.82. The number of hydrogen-bond acceptors (Lipinski definition) is 6. The molecule has 0 aliphatic carbocycles. The molecule has 3 rings (SSSR count). The maximum Gasteiger partial charge on any atom is 0.389 e. The number of nitrogens with one attached hydrogen (secondary N) is 2. The molecule has 14 heteroatoms. The first-order chi connectivity index (χ1) is 15.2. The first-order valence-corrected chi connectivity index (χ1v) is 9.64. The molecule has 0 radical (unpaired) electrons. The van der Waals surface area contributed by atoms with E-state index in [0.29, 0.717) is 16.9 Å². The number of carbonyl (C=O) groups excluding carboxylic acids is 2. The predicted octanol–water partition coefficient (Wildman–Crippen LogP) is 1.57. The molecule has 0 aromatic carbocycles. The highest BCUT2D eigenvalue weighted by molar-refractivity contribution is 5.90. The molecule has 0 atom stereocenters. The molecule has 0 saturated carbocycles. The zero-order valence-electron chi connectivity index (χ0n) is 16.8. The standard InChI is InChI=1S/C18H20F4N8O2/c19-4-1-5-29-16(25-11-27-29)17(32)24-9-13-10-30-14(28-13)6-12(8-26-30)7-23-15(31)2-3-18(20,21)22/h6,8,10-11H,1-5,7,9H2,(H,23,31)(H,24,32). The normalized spacial score (nSPS) is 11.6. The van der Waals surface area contributed by atoms with Crippen LogP contribution < -0.4 is 10.6 Å². The van der Waals surface area contributed by atoms with Gasteiger partial charge in [0.15, 0.2) is 5.65 Å². The Morgan fingerprint density at radius 2 is 1.94 bits per heavy atom. The third-order valence-corrected chi connectivity index (χ3v) is 4.30. The minimum Gasteiger partial charge on any atom is -0.352 e. The SMILES string of the molecule is O=C(CCC(F)(F)F)NCc1cnn2cc(CNC(=O)c3ncnn3CCCF)nc2c1. The van der Waals surface area contributed by atoms with E-state index in [-0.39, 0.29) is 31.9 Å². The van der Waals surface area contributed by atoms with Gasteiger partial charge in [-0.2, -0.15) is 23.4 Å². The molecule has 3 aromatic heterocycles. The molecule has 172 valence electrons. The summed E-state index contributed by atoms with van der Waals surface area (Å²) >= 11 is 0. The number of nitrogens with zero attached hydrogens (tertiary/aromatic N) is 6. The molecular weight excluding hydrogens is 436 g/mol. The van der Waals surface area contributed by atoms with E-state index in [4.69, 9.17) is 0 Å². The smallest absolute Gasteiger partial charge is 0.352 e. The minimum atomic E-state index is -4.39. The van der Waals surface area contributed by atoms with Gasteiger partial charge in [-0.3, -0.25) is 14.0 Å². The van der Waals surface area contributed by atoms with Crippen LogP contribution in [0.25, 0.3) is 5.65 Å². The third kappa shape index (κ3) is 6.46. The Balaban J connectivity index is 1.55. The summed E-state index contributed by atoms with van der Waals surface area (Å²) in [5, 5.41) is 13.1. The van der Waals surface area contributed by atoms with Gasteiger partial charge in [0, 0.05) is 19.5 Å². The van der Waals surface area contributed by atoms with Gasteiger partial charge in [0.05, 0.1) is 37.7 Å². The minimum absolute atomic E-state index is 0.00760. The summed E-state index contributed by atoms with van der Waals surface area (Å²) in [5.74, 6) is -1.15. The molecule has 0 spiro atoms. The molecule has 0 aliphatic rings. The maximum absolute atomic E-state index is 12.3. The predicted molar refractivity (Wildman–Crippen MR) is 102 cm³/mol. The average Bonchev–Trinajstić information content (AvgIpc) is 3.38. The van der Waals surface area contributed by atoms with E-state index in [0.717, 1.165) is 0 Å². The van der Waals surface area contributed by atoms with Gasteiger partial charge >= 0.3 is 6.18 Å². The number of halogens is 4. The highest BCUT2D eigenvalue weighted by Crippen LogP contribution is 2.21. The summed E-state index contributed by atoms with van der Waals surface area (Å²) in [6, 6.07) is 1.62. The molecule has 3 heterocycles. The number of alkyl halides is 4. The van der Waals surface area contributed by atoms with E-state index in [1.807, 2.05) is 0 Å². The van der Waals surface area contributed by atoms with Crippen LogP contribution in [0.3, 0.4) is 0 Å². The second kappa shape index (κ2) is 10.2. The number of amides is 2. The van der Waals surface area contributed by atoms with Crippen molar-refractivity contribution in [1.82, 2.24) is 40.0 Å². The molecule has 0 saturated heterocycles. The lowest BCUT2D eigenvalue weighted by Crippen LogP contribution is -2.27. The van der Waals surface area contributed by atoms with E-state index in [2.05, 4.69) is 30.8 Å². The number of hydrogen-bond donors (Lipinski definition) is 2. The quantitative estimate of drug-likeness (QED) is 0.447. The van der Waals surface area contributed by atoms with Crippen LogP contribution in [0.1, 0.15) is 41.1 Å². The van der Waals surface area contributed by atoms with Crippen LogP contribution in [0.4, 0.5) is 17.6 Å². The Morgan fingerprint density at radius 3 is 2.69 bits per heavy atom. The second-order valence-electron chi connectivity index (χ2n) is 6.82. The zero-order chi connectivity index (χ0) is 23.1. The van der Waals surface area contributed by atoms with E-state index in [9.17, 15) is 27.2 Å². The van der Waals surface area contributed by atoms with Crippen LogP contribution in [0.15, 0.2) is 24.8 Å². The van der Waals surface area contributed by atoms with E-state index < -0.39 is 37.5 Å². The van der Waals surface area contributed by atoms with Crippen molar-refractivity contribution in [1.29, 1.82) is 0 Å². The van der Waals surface area contributed by atoms with Crippen LogP contribution in [0.5, 0.6) is 0 Å². The number of fused-ring (bicyclic) bond motifs is 1. The Labute approximate surface area is 179 Å². The van der Waals surface area contributed by atoms with Crippen LogP contribution >= 0.6 is 0 Å². The Kier molecular flexibility index (Phi) is 7.33. The number of aromatic nitrogens is 6. The zero-order valence-corrected chi connectivity index (χ0v) is 16.8. The third-order valence-electron chi connectivity index (χ3n) is 4.30. The first-order valence-electron chi connectivity index (χ1n) is 9.64. The van der Waals surface area contributed by atoms with Crippen molar-refractivity contribution < 1.29 is 27.2 Å². The molecule has 0 fully saturated rings. The van der Waals surface area contributed by atoms with E-state index in [1.54, 1.807) is 12.3 Å². The number of aryl methyl sites for hydroxylation is 1. The molecule has 0 aliphatic heterocycles. The van der Waals surface area contributed by atoms with Gasteiger partial charge in [0.2, 0.25) is 11.7 Å². The van der Waals surface area contributed by atoms with Crippen LogP contribution in [-0.4, -0.2) is 54.0 Å². The van der Waals surface area contributed by atoms with E-state index in [1.165, 1.54) is 21.7 Å². The summed E-state index contributed by atoms with van der Waals surface area (Å²) in [6.07, 6.45) is -1.74. The maximum atomic E-state index is 12.3. The van der Waals surface area contributed by atoms with Crippen molar-refractivity contribution in [2.75, 3.05) is 6.67 Å². The van der Waals surface area contributed by atoms with E-state index >= 15 is 0 Å². The van der Waals surface area contributed by atoms with Crippen LogP contribution in [0.2, 0.25) is 0 Å². The molecule has 10 nitrogen and oxygen atoms in total. The van der Waals surface area contributed by atoms with Gasteiger partial charge < -0.3 is 10.6 Å². The fourth-order valence-corrected chi connectivity index (χ4v) is 2.75. The lowest BCUT2D eigenvalue weighted by atomic mass is 10.2. The molecule has 32 heavy (non-hydrogen) atoms. The fraction of sp³-hybridized carbons (Fsp3) is 0.444. The van der Waals surface area contributed by atoms with Crippen molar-refractivity contribution in [2.45, 2.75) is 45.1 Å². The average molecular weight is 456 g/mol. The Morgan fingerprint density at radius 1 is 1.12 bits per heavy atom. The highest BCUT2D eigenvalue weighted by Gasteiger charge is 2.27. The summed E-state index contributed by atoms with van der Waals surface area (Å²) in [7, 11) is 0. The fourth-order valence-electron chi connectivity index (χ4n) is 2.75. The Hall–Kier alpha value is -3.58. The summed E-state index contributed by atoms with van der Waals surface area (Å²) in [5.41, 5.74) is 1.48. The monoisotopic (exact) mass is 456 g/mol. The lowest BCUT2D eigenvalue weighted by Gasteiger charge is -2.07. The van der Waals surface area contributed by atoms with Gasteiger partial charge in [0.25, 0.3) is 5.91 Å². The van der Waals surface area contributed by atoms with Gasteiger partial charge in [0.1, 0.15) is 6.33 Å². The van der Waals surface area contributed by atoms with Crippen molar-refractivity contribution in [3.8, 4) is 0 Å². The van der Waals surface area contributed by atoms with Crippen molar-refractivity contribution in [3.05, 3.63) is 41.9 Å². The highest BCUT2D eigenvalue weighted by atomic mass is 19.4. The van der Waals surface area contributed by atoms with Gasteiger partial charge in [-0.05, 0) is 18.1 Å². The van der Waals surface area contributed by atoms with Crippen molar-refractivity contribution in [2.24, 2.45) is 0 Å². The summed E-state index contributed by atoms with van der Waals surface area (Å²) in [6.45, 7) is -0.225. The molecule has 0 unspecified atom stereocenters.